The average molecular weight is 325 g/mol. The molecule has 1 N–H and O–H groups in total. The number of ether oxygens (including phenoxy) is 1. The number of carbonyl (C=O) groups excluding carboxylic acids is 1. The molecule has 0 aliphatic carbocycles. The summed E-state index contributed by atoms with van der Waals surface area (Å²) in [7, 11) is 0. The van der Waals surface area contributed by atoms with Gasteiger partial charge in [-0.05, 0) is 24.3 Å². The Hall–Kier alpha value is -2.67. The van der Waals surface area contributed by atoms with Crippen molar-refractivity contribution in [3.05, 3.63) is 63.4 Å². The smallest absolute Gasteiger partial charge is 0.273 e. The summed E-state index contributed by atoms with van der Waals surface area (Å²) in [6.07, 6.45) is 0. The minimum absolute atomic E-state index is 0.0693. The lowest BCUT2D eigenvalue weighted by Gasteiger charge is -2.08. The van der Waals surface area contributed by atoms with E-state index in [0.717, 1.165) is 6.07 Å². The quantitative estimate of drug-likeness (QED) is 0.675. The van der Waals surface area contributed by atoms with Crippen LogP contribution in [0.3, 0.4) is 0 Å². The zero-order valence-electron chi connectivity index (χ0n) is 11.1. The fourth-order valence-electron chi connectivity index (χ4n) is 1.62. The van der Waals surface area contributed by atoms with E-state index < -0.39 is 23.3 Å². The molecule has 0 spiro atoms. The number of nitro groups is 1. The number of non-ortho nitro benzene ring substituents is 1. The van der Waals surface area contributed by atoms with Gasteiger partial charge in [-0.3, -0.25) is 14.9 Å². The van der Waals surface area contributed by atoms with Crippen LogP contribution >= 0.6 is 11.6 Å². The maximum absolute atomic E-state index is 13.4. The highest BCUT2D eigenvalue weighted by molar-refractivity contribution is 6.30. The summed E-state index contributed by atoms with van der Waals surface area (Å²) in [6, 6.07) is 9.14. The highest BCUT2D eigenvalue weighted by Crippen LogP contribution is 2.20. The molecule has 0 aliphatic rings. The zero-order chi connectivity index (χ0) is 16.1. The molecule has 2 aromatic carbocycles. The van der Waals surface area contributed by atoms with Gasteiger partial charge in [0.15, 0.2) is 6.61 Å². The Balaban J connectivity index is 1.97. The van der Waals surface area contributed by atoms with E-state index in [2.05, 4.69) is 5.32 Å². The summed E-state index contributed by atoms with van der Waals surface area (Å²) in [5.41, 5.74) is -0.223. The molecule has 0 bridgehead atoms. The highest BCUT2D eigenvalue weighted by Gasteiger charge is 2.10. The summed E-state index contributed by atoms with van der Waals surface area (Å²) >= 11 is 5.71. The van der Waals surface area contributed by atoms with Crippen molar-refractivity contribution in [2.75, 3.05) is 11.9 Å². The summed E-state index contributed by atoms with van der Waals surface area (Å²) in [4.78, 5) is 21.7. The van der Waals surface area contributed by atoms with Crippen molar-refractivity contribution < 1.29 is 18.8 Å². The third-order valence-corrected chi connectivity index (χ3v) is 2.84. The first-order chi connectivity index (χ1) is 10.5. The second-order valence-electron chi connectivity index (χ2n) is 4.22. The molecule has 0 aromatic heterocycles. The topological polar surface area (TPSA) is 81.5 Å². The monoisotopic (exact) mass is 324 g/mol. The minimum Gasteiger partial charge on any atom is -0.484 e. The van der Waals surface area contributed by atoms with Crippen LogP contribution in [0.15, 0.2) is 42.5 Å². The lowest BCUT2D eigenvalue weighted by Crippen LogP contribution is -2.20. The van der Waals surface area contributed by atoms with Gasteiger partial charge in [0, 0.05) is 11.1 Å². The Morgan fingerprint density at radius 2 is 2.09 bits per heavy atom. The number of amides is 1. The van der Waals surface area contributed by atoms with Crippen LogP contribution in [0.25, 0.3) is 0 Å². The van der Waals surface area contributed by atoms with Crippen LogP contribution in [0.5, 0.6) is 5.75 Å². The third-order valence-electron chi connectivity index (χ3n) is 2.60. The summed E-state index contributed by atoms with van der Waals surface area (Å²) in [6.45, 7) is -0.423. The number of halogens is 2. The van der Waals surface area contributed by atoms with Gasteiger partial charge in [-0.25, -0.2) is 4.39 Å². The van der Waals surface area contributed by atoms with Gasteiger partial charge in [0.1, 0.15) is 11.6 Å². The lowest BCUT2D eigenvalue weighted by molar-refractivity contribution is -0.384. The maximum Gasteiger partial charge on any atom is 0.273 e. The van der Waals surface area contributed by atoms with Gasteiger partial charge >= 0.3 is 0 Å². The molecule has 2 rings (SSSR count). The molecule has 0 heterocycles. The summed E-state index contributed by atoms with van der Waals surface area (Å²) < 4.78 is 18.6. The second kappa shape index (κ2) is 6.86. The molecule has 0 saturated heterocycles. The molecule has 114 valence electrons. The van der Waals surface area contributed by atoms with Crippen LogP contribution in [0.4, 0.5) is 15.8 Å². The van der Waals surface area contributed by atoms with Gasteiger partial charge in [0.05, 0.1) is 16.7 Å². The van der Waals surface area contributed by atoms with Crippen molar-refractivity contribution in [1.29, 1.82) is 0 Å². The van der Waals surface area contributed by atoms with Gasteiger partial charge < -0.3 is 10.1 Å². The molecule has 6 nitrogen and oxygen atoms in total. The first-order valence-corrected chi connectivity index (χ1v) is 6.45. The standard InChI is InChI=1S/C14H10ClFN2O4/c15-9-4-5-12(16)13(6-9)17-14(19)8-22-11-3-1-2-10(7-11)18(20)21/h1-7H,8H2,(H,17,19). The Bertz CT molecular complexity index is 724. The minimum atomic E-state index is -0.631. The van der Waals surface area contributed by atoms with E-state index >= 15 is 0 Å². The van der Waals surface area contributed by atoms with Crippen molar-refractivity contribution in [3.63, 3.8) is 0 Å². The zero-order valence-corrected chi connectivity index (χ0v) is 11.8. The SMILES string of the molecule is O=C(COc1cccc([N+](=O)[O-])c1)Nc1cc(Cl)ccc1F. The van der Waals surface area contributed by atoms with E-state index in [1.54, 1.807) is 0 Å². The number of benzene rings is 2. The average Bonchev–Trinajstić information content (AvgIpc) is 2.49. The molecule has 22 heavy (non-hydrogen) atoms. The van der Waals surface area contributed by atoms with Crippen LogP contribution in [-0.2, 0) is 4.79 Å². The summed E-state index contributed by atoms with van der Waals surface area (Å²) in [5.74, 6) is -1.09. The van der Waals surface area contributed by atoms with Crippen LogP contribution in [0.2, 0.25) is 5.02 Å². The van der Waals surface area contributed by atoms with Crippen LogP contribution in [0, 0.1) is 15.9 Å². The fraction of sp³-hybridized carbons (Fsp3) is 0.0714. The number of anilines is 1. The van der Waals surface area contributed by atoms with E-state index in [0.29, 0.717) is 0 Å². The number of rotatable bonds is 5. The van der Waals surface area contributed by atoms with Gasteiger partial charge in [-0.2, -0.15) is 0 Å². The van der Waals surface area contributed by atoms with Gasteiger partial charge in [0.25, 0.3) is 11.6 Å². The molecule has 0 aliphatic heterocycles. The van der Waals surface area contributed by atoms with Crippen molar-refractivity contribution in [2.45, 2.75) is 0 Å². The molecule has 2 aromatic rings. The Labute approximate surface area is 129 Å². The van der Waals surface area contributed by atoms with E-state index in [1.807, 2.05) is 0 Å². The molecule has 0 fully saturated rings. The molecule has 0 saturated carbocycles. The normalized spacial score (nSPS) is 10.1. The maximum atomic E-state index is 13.4. The lowest BCUT2D eigenvalue weighted by atomic mass is 10.3. The third kappa shape index (κ3) is 4.16. The van der Waals surface area contributed by atoms with Gasteiger partial charge in [-0.15, -0.1) is 0 Å². The van der Waals surface area contributed by atoms with Crippen molar-refractivity contribution in [3.8, 4) is 5.75 Å². The predicted octanol–water partition coefficient (Wildman–Crippen LogP) is 3.40. The van der Waals surface area contributed by atoms with Crippen LogP contribution in [0.1, 0.15) is 0 Å². The number of nitrogens with zero attached hydrogens (tertiary/aromatic N) is 1. The summed E-state index contributed by atoms with van der Waals surface area (Å²) in [5, 5.41) is 13.2. The van der Waals surface area contributed by atoms with E-state index in [1.165, 1.54) is 36.4 Å². The number of carbonyl (C=O) groups is 1. The van der Waals surface area contributed by atoms with Gasteiger partial charge in [-0.1, -0.05) is 17.7 Å². The van der Waals surface area contributed by atoms with Crippen molar-refractivity contribution in [1.82, 2.24) is 0 Å². The van der Waals surface area contributed by atoms with Crippen molar-refractivity contribution >= 4 is 28.9 Å². The number of hydrogen-bond acceptors (Lipinski definition) is 4. The van der Waals surface area contributed by atoms with Crippen LogP contribution in [-0.4, -0.2) is 17.4 Å². The van der Waals surface area contributed by atoms with Crippen LogP contribution < -0.4 is 10.1 Å². The Morgan fingerprint density at radius 3 is 2.82 bits per heavy atom. The predicted molar refractivity (Wildman–Crippen MR) is 78.6 cm³/mol. The van der Waals surface area contributed by atoms with Gasteiger partial charge in [0.2, 0.25) is 0 Å². The Kier molecular flexibility index (Phi) is 4.90. The van der Waals surface area contributed by atoms with E-state index in [4.69, 9.17) is 16.3 Å². The molecule has 8 heteroatoms. The number of nitro benzene ring substituents is 1. The molecular formula is C14H10ClFN2O4. The first kappa shape index (κ1) is 15.7. The van der Waals surface area contributed by atoms with E-state index in [9.17, 15) is 19.3 Å². The van der Waals surface area contributed by atoms with E-state index in [-0.39, 0.29) is 22.1 Å². The highest BCUT2D eigenvalue weighted by atomic mass is 35.5. The number of nitrogens with one attached hydrogen (secondary N) is 1. The molecule has 1 amide bonds. The molecule has 0 radical (unpaired) electrons. The molecular weight excluding hydrogens is 315 g/mol. The molecule has 0 unspecified atom stereocenters. The molecule has 0 atom stereocenters. The Morgan fingerprint density at radius 1 is 1.32 bits per heavy atom. The largest absolute Gasteiger partial charge is 0.484 e. The van der Waals surface area contributed by atoms with Crippen molar-refractivity contribution in [2.24, 2.45) is 0 Å². The first-order valence-electron chi connectivity index (χ1n) is 6.08. The second-order valence-corrected chi connectivity index (χ2v) is 4.65. The fourth-order valence-corrected chi connectivity index (χ4v) is 1.79. The number of hydrogen-bond donors (Lipinski definition) is 1.